The first-order chi connectivity index (χ1) is 20.3. The fourth-order valence-electron chi connectivity index (χ4n) is 5.12. The number of ether oxygens (including phenoxy) is 1. The highest BCUT2D eigenvalue weighted by Crippen LogP contribution is 2.50. The van der Waals surface area contributed by atoms with E-state index in [1.54, 1.807) is 0 Å². The molecular formula is C36H28N2OP2. The molecule has 0 aliphatic carbocycles. The van der Waals surface area contributed by atoms with Gasteiger partial charge < -0.3 is 15.1 Å². The lowest BCUT2D eigenvalue weighted by atomic mass is 10.2. The van der Waals surface area contributed by atoms with E-state index in [1.165, 1.54) is 26.5 Å². The number of fused-ring (bicyclic) bond motifs is 2. The van der Waals surface area contributed by atoms with Crippen molar-refractivity contribution in [3.8, 4) is 11.5 Å². The molecule has 0 fully saturated rings. The van der Waals surface area contributed by atoms with Gasteiger partial charge in [-0.05, 0) is 42.8 Å². The van der Waals surface area contributed by atoms with E-state index in [1.807, 2.05) is 0 Å². The summed E-state index contributed by atoms with van der Waals surface area (Å²) in [5, 5.41) is 13.9. The van der Waals surface area contributed by atoms with Crippen LogP contribution in [0.5, 0.6) is 11.5 Å². The molecule has 5 heteroatoms. The number of anilines is 3. The van der Waals surface area contributed by atoms with E-state index < -0.39 is 16.0 Å². The van der Waals surface area contributed by atoms with Gasteiger partial charge in [0.1, 0.15) is 0 Å². The third kappa shape index (κ3) is 5.23. The van der Waals surface area contributed by atoms with Crippen molar-refractivity contribution in [2.75, 3.05) is 10.4 Å². The van der Waals surface area contributed by atoms with Crippen LogP contribution in [0.15, 0.2) is 158 Å². The predicted octanol–water partition coefficient (Wildman–Crippen LogP) is 7.75. The lowest BCUT2D eigenvalue weighted by Gasteiger charge is -2.30. The number of nitrogens with one attached hydrogen (secondary N) is 2. The van der Waals surface area contributed by atoms with E-state index in [9.17, 15) is 0 Å². The molecule has 1 aliphatic heterocycles. The van der Waals surface area contributed by atoms with Crippen LogP contribution in [0.2, 0.25) is 0 Å². The predicted molar refractivity (Wildman–Crippen MR) is 178 cm³/mol. The molecule has 1 aliphatic rings. The second-order valence-electron chi connectivity index (χ2n) is 9.69. The summed E-state index contributed by atoms with van der Waals surface area (Å²) in [4.78, 5) is 0. The molecule has 3 nitrogen and oxygen atoms in total. The molecule has 0 saturated carbocycles. The monoisotopic (exact) mass is 566 g/mol. The first-order valence-corrected chi connectivity index (χ1v) is 16.3. The van der Waals surface area contributed by atoms with Gasteiger partial charge in [0.2, 0.25) is 0 Å². The van der Waals surface area contributed by atoms with E-state index in [2.05, 4.69) is 168 Å². The largest absolute Gasteiger partial charge is 0.450 e. The van der Waals surface area contributed by atoms with Crippen molar-refractivity contribution in [2.24, 2.45) is 0 Å². The molecule has 0 radical (unpaired) electrons. The van der Waals surface area contributed by atoms with E-state index >= 15 is 0 Å². The van der Waals surface area contributed by atoms with Gasteiger partial charge in [-0.15, -0.1) is 0 Å². The van der Waals surface area contributed by atoms with Crippen molar-refractivity contribution in [1.82, 2.24) is 0 Å². The maximum atomic E-state index is 6.94. The lowest BCUT2D eigenvalue weighted by molar-refractivity contribution is 0.487. The van der Waals surface area contributed by atoms with Gasteiger partial charge in [-0.3, -0.25) is 0 Å². The van der Waals surface area contributed by atoms with Gasteiger partial charge >= 0.3 is 0 Å². The summed E-state index contributed by atoms with van der Waals surface area (Å²) in [6.07, 6.45) is 0. The Morgan fingerprint density at radius 1 is 0.439 bits per heavy atom. The number of hydrogen-bond donors (Lipinski definition) is 2. The molecule has 198 valence electrons. The van der Waals surface area contributed by atoms with Gasteiger partial charge in [0.25, 0.3) is 0 Å². The van der Waals surface area contributed by atoms with Crippen LogP contribution in [0, 0.1) is 0 Å². The zero-order valence-electron chi connectivity index (χ0n) is 22.3. The third-order valence-electron chi connectivity index (χ3n) is 7.01. The van der Waals surface area contributed by atoms with Crippen molar-refractivity contribution >= 4 is 59.6 Å². The highest BCUT2D eigenvalue weighted by molar-refractivity contribution is 7.80. The maximum absolute atomic E-state index is 6.94. The van der Waals surface area contributed by atoms with Crippen LogP contribution in [-0.2, 0) is 0 Å². The van der Waals surface area contributed by atoms with E-state index in [4.69, 9.17) is 4.74 Å². The molecule has 0 atom stereocenters. The summed E-state index contributed by atoms with van der Waals surface area (Å²) in [6.45, 7) is 0. The van der Waals surface area contributed by atoms with Gasteiger partial charge in [-0.25, -0.2) is 0 Å². The molecule has 0 bridgehead atoms. The number of benzene rings is 6. The van der Waals surface area contributed by atoms with Crippen molar-refractivity contribution in [3.05, 3.63) is 158 Å². The SMILES string of the molecule is c1ccc(P(Nc2cccc3c2Oc2c(cccc2P(c2ccccc2)c2ccccc2)N3)c2ccccc2)cc1. The Labute approximate surface area is 243 Å². The Balaban J connectivity index is 1.31. The van der Waals surface area contributed by atoms with Crippen molar-refractivity contribution in [1.29, 1.82) is 0 Å². The molecule has 0 unspecified atom stereocenters. The number of rotatable bonds is 7. The van der Waals surface area contributed by atoms with Crippen LogP contribution < -0.4 is 41.7 Å². The van der Waals surface area contributed by atoms with Crippen LogP contribution in [0.25, 0.3) is 0 Å². The summed E-state index contributed by atoms with van der Waals surface area (Å²) >= 11 is 0. The molecule has 1 heterocycles. The highest BCUT2D eigenvalue weighted by Gasteiger charge is 2.28. The first kappa shape index (κ1) is 25.5. The molecule has 0 amide bonds. The quantitative estimate of drug-likeness (QED) is 0.194. The zero-order chi connectivity index (χ0) is 27.4. The molecular weight excluding hydrogens is 538 g/mol. The Bertz CT molecular complexity index is 1690. The Hall–Kier alpha value is -4.42. The molecule has 6 aromatic rings. The summed E-state index contributed by atoms with van der Waals surface area (Å²) < 4.78 is 6.94. The molecule has 0 saturated heterocycles. The first-order valence-electron chi connectivity index (χ1n) is 13.6. The molecule has 7 rings (SSSR count). The summed E-state index contributed by atoms with van der Waals surface area (Å²) in [5.41, 5.74) is 2.91. The number of para-hydroxylation sites is 2. The second kappa shape index (κ2) is 11.6. The fourth-order valence-corrected chi connectivity index (χ4v) is 9.43. The summed E-state index contributed by atoms with van der Waals surface area (Å²) in [6, 6.07) is 55.6. The van der Waals surface area contributed by atoms with Crippen molar-refractivity contribution in [2.45, 2.75) is 0 Å². The summed E-state index contributed by atoms with van der Waals surface area (Å²) in [5.74, 6) is 1.71. The minimum absolute atomic E-state index is 0.822. The van der Waals surface area contributed by atoms with Crippen LogP contribution in [-0.4, -0.2) is 0 Å². The third-order valence-corrected chi connectivity index (χ3v) is 11.6. The Morgan fingerprint density at radius 2 is 0.902 bits per heavy atom. The minimum atomic E-state index is -0.856. The van der Waals surface area contributed by atoms with Crippen molar-refractivity contribution in [3.63, 3.8) is 0 Å². The van der Waals surface area contributed by atoms with Gasteiger partial charge in [-0.2, -0.15) is 0 Å². The van der Waals surface area contributed by atoms with E-state index in [-0.39, 0.29) is 0 Å². The maximum Gasteiger partial charge on any atom is 0.174 e. The van der Waals surface area contributed by atoms with E-state index in [0.717, 1.165) is 28.6 Å². The van der Waals surface area contributed by atoms with Crippen LogP contribution in [0.1, 0.15) is 0 Å². The molecule has 6 aromatic carbocycles. The molecule has 0 spiro atoms. The topological polar surface area (TPSA) is 33.3 Å². The smallest absolute Gasteiger partial charge is 0.174 e. The van der Waals surface area contributed by atoms with Gasteiger partial charge in [0, 0.05) is 15.9 Å². The van der Waals surface area contributed by atoms with Gasteiger partial charge in [0.05, 0.1) is 25.1 Å². The average Bonchev–Trinajstić information content (AvgIpc) is 3.05. The zero-order valence-corrected chi connectivity index (χ0v) is 24.1. The van der Waals surface area contributed by atoms with Crippen LogP contribution in [0.3, 0.4) is 0 Å². The Morgan fingerprint density at radius 3 is 1.44 bits per heavy atom. The average molecular weight is 567 g/mol. The molecule has 2 N–H and O–H groups in total. The van der Waals surface area contributed by atoms with Crippen LogP contribution >= 0.6 is 16.0 Å². The van der Waals surface area contributed by atoms with E-state index in [0.29, 0.717) is 0 Å². The normalized spacial score (nSPS) is 11.8. The van der Waals surface area contributed by atoms with Gasteiger partial charge in [-0.1, -0.05) is 133 Å². The fraction of sp³-hybridized carbons (Fsp3) is 0. The van der Waals surface area contributed by atoms with Crippen LogP contribution in [0.4, 0.5) is 17.1 Å². The summed E-state index contributed by atoms with van der Waals surface area (Å²) in [7, 11) is -1.69. The molecule has 0 aromatic heterocycles. The van der Waals surface area contributed by atoms with Gasteiger partial charge in [0.15, 0.2) is 11.5 Å². The second-order valence-corrected chi connectivity index (χ2v) is 13.8. The van der Waals surface area contributed by atoms with Crippen molar-refractivity contribution < 1.29 is 4.74 Å². The Kier molecular flexibility index (Phi) is 7.22. The lowest BCUT2D eigenvalue weighted by Crippen LogP contribution is -2.23. The number of hydrogen-bond acceptors (Lipinski definition) is 3. The molecule has 41 heavy (non-hydrogen) atoms. The minimum Gasteiger partial charge on any atom is -0.450 e. The standard InChI is InChI=1S/C36H28N2OP2/c1-5-15-27(16-6-1)40(28-17-7-2-8-18-28)34-26-14-24-32-36(34)39-35-31(37-32)23-13-25-33(35)38-41(29-19-9-3-10-20-29)30-21-11-4-12-22-30/h1-26,37-38H. The highest BCUT2D eigenvalue weighted by atomic mass is 31.1.